The lowest BCUT2D eigenvalue weighted by Gasteiger charge is -2.23. The van der Waals surface area contributed by atoms with E-state index >= 15 is 0 Å². The lowest BCUT2D eigenvalue weighted by molar-refractivity contribution is 0.0784. The Kier molecular flexibility index (Phi) is 12.1. The van der Waals surface area contributed by atoms with Gasteiger partial charge in [0.15, 0.2) is 19.7 Å². The largest absolute Gasteiger partial charge is 0.488 e. The Bertz CT molecular complexity index is 1790. The van der Waals surface area contributed by atoms with Gasteiger partial charge in [-0.15, -0.1) is 11.3 Å². The molecule has 1 saturated heterocycles. The molecule has 0 bridgehead atoms. The maximum absolute atomic E-state index is 13.5. The predicted molar refractivity (Wildman–Crippen MR) is 164 cm³/mol. The van der Waals surface area contributed by atoms with Crippen LogP contribution in [-0.2, 0) is 50.2 Å². The zero-order chi connectivity index (χ0) is 33.5. The Hall–Kier alpha value is -2.76. The van der Waals surface area contributed by atoms with E-state index in [0.29, 0.717) is 12.8 Å². The van der Waals surface area contributed by atoms with Crippen LogP contribution in [0.1, 0.15) is 35.8 Å². The van der Waals surface area contributed by atoms with E-state index in [1.165, 1.54) is 53.6 Å². The molecule has 0 aliphatic carbocycles. The smallest absolute Gasteiger partial charge is 0.471 e. The number of thiazole rings is 1. The standard InChI is InChI=1S/C26H33N3O13P2S2/c1-4-20(14-37-2)41-22-10-18(11-23(12-22)42-21-6-7-24(27-13-21)46(3,35)36)25(30)28-26-29(17-40-44(32,33)34)19(16-45-26)15-43(31)38-8-5-9-39-43/h6-7,10-13,16,20H,4-5,8-9,14-15,17H2,1-3H3,(H2,32,33,34)/b28-26-/t20-/m0/s1. The molecule has 1 aromatic carbocycles. The SMILES string of the molecule is CC[C@@H](COC)Oc1cc(Oc2ccc(S(C)(=O)=O)nc2)cc(C(=O)/N=c2\scc(CP3(=O)OCCCO3)n2COP(=O)(O)O)c1. The minimum Gasteiger partial charge on any atom is -0.488 e. The van der Waals surface area contributed by atoms with Gasteiger partial charge >= 0.3 is 15.4 Å². The van der Waals surface area contributed by atoms with Crippen molar-refractivity contribution in [2.45, 2.75) is 43.8 Å². The van der Waals surface area contributed by atoms with Crippen molar-refractivity contribution >= 4 is 42.5 Å². The van der Waals surface area contributed by atoms with Crippen LogP contribution in [0.2, 0.25) is 0 Å². The van der Waals surface area contributed by atoms with E-state index in [1.807, 2.05) is 6.92 Å². The third-order valence-electron chi connectivity index (χ3n) is 6.21. The van der Waals surface area contributed by atoms with Gasteiger partial charge in [0.2, 0.25) is 0 Å². The van der Waals surface area contributed by atoms with Crippen LogP contribution in [0, 0.1) is 0 Å². The number of phosphoric ester groups is 1. The molecule has 1 aliphatic heterocycles. The van der Waals surface area contributed by atoms with Crippen molar-refractivity contribution in [3.63, 3.8) is 0 Å². The summed E-state index contributed by atoms with van der Waals surface area (Å²) in [6.45, 7) is 1.89. The molecule has 16 nitrogen and oxygen atoms in total. The third-order valence-corrected chi connectivity index (χ3v) is 10.4. The molecular weight excluding hydrogens is 688 g/mol. The van der Waals surface area contributed by atoms with Crippen molar-refractivity contribution < 1.29 is 59.9 Å². The fourth-order valence-corrected chi connectivity index (χ4v) is 7.58. The summed E-state index contributed by atoms with van der Waals surface area (Å²) in [5.41, 5.74) is 0.274. The van der Waals surface area contributed by atoms with Crippen LogP contribution in [0.15, 0.2) is 51.9 Å². The lowest BCUT2D eigenvalue weighted by Crippen LogP contribution is -2.22. The molecule has 1 atom stereocenters. The molecule has 2 N–H and O–H groups in total. The normalized spacial score (nSPS) is 16.2. The highest BCUT2D eigenvalue weighted by Gasteiger charge is 2.30. The third kappa shape index (κ3) is 10.4. The molecule has 1 fully saturated rings. The Labute approximate surface area is 268 Å². The van der Waals surface area contributed by atoms with Crippen LogP contribution in [-0.4, -0.2) is 73.0 Å². The van der Waals surface area contributed by atoms with Crippen molar-refractivity contribution in [2.75, 3.05) is 33.2 Å². The van der Waals surface area contributed by atoms with Crippen LogP contribution in [0.4, 0.5) is 0 Å². The maximum Gasteiger partial charge on any atom is 0.471 e. The van der Waals surface area contributed by atoms with E-state index in [4.69, 9.17) is 23.3 Å². The van der Waals surface area contributed by atoms with E-state index in [1.54, 1.807) is 0 Å². The van der Waals surface area contributed by atoms with E-state index in [2.05, 4.69) is 14.5 Å². The molecule has 252 valence electrons. The van der Waals surface area contributed by atoms with Gasteiger partial charge in [0.05, 0.1) is 32.2 Å². The quantitative estimate of drug-likeness (QED) is 0.226. The van der Waals surface area contributed by atoms with Gasteiger partial charge in [-0.2, -0.15) is 4.99 Å². The van der Waals surface area contributed by atoms with Crippen LogP contribution in [0.5, 0.6) is 17.2 Å². The first-order valence-corrected chi connectivity index (χ1v) is 19.7. The summed E-state index contributed by atoms with van der Waals surface area (Å²) in [6, 6.07) is 7.04. The minimum atomic E-state index is -4.94. The summed E-state index contributed by atoms with van der Waals surface area (Å²) >= 11 is 0.946. The van der Waals surface area contributed by atoms with E-state index in [0.717, 1.165) is 17.6 Å². The average Bonchev–Trinajstić information content (AvgIpc) is 3.35. The number of aromatic nitrogens is 2. The summed E-state index contributed by atoms with van der Waals surface area (Å²) in [5, 5.41) is 1.36. The van der Waals surface area contributed by atoms with Gasteiger partial charge in [0.1, 0.15) is 30.1 Å². The summed E-state index contributed by atoms with van der Waals surface area (Å²) in [5.74, 6) is -0.210. The number of pyridine rings is 1. The molecule has 20 heteroatoms. The van der Waals surface area contributed by atoms with Crippen molar-refractivity contribution in [2.24, 2.45) is 4.99 Å². The number of rotatable bonds is 14. The number of sulfone groups is 1. The Morgan fingerprint density at radius 2 is 1.91 bits per heavy atom. The second kappa shape index (κ2) is 15.4. The molecule has 4 rings (SSSR count). The average molecular weight is 722 g/mol. The summed E-state index contributed by atoms with van der Waals surface area (Å²) < 4.78 is 81.8. The van der Waals surface area contributed by atoms with Crippen LogP contribution in [0.3, 0.4) is 0 Å². The van der Waals surface area contributed by atoms with Crippen LogP contribution < -0.4 is 14.3 Å². The van der Waals surface area contributed by atoms with Crippen molar-refractivity contribution in [1.82, 2.24) is 9.55 Å². The first-order chi connectivity index (χ1) is 21.7. The number of amides is 1. The number of benzene rings is 1. The molecular formula is C26H33N3O13P2S2. The van der Waals surface area contributed by atoms with Gasteiger partial charge in [-0.3, -0.25) is 18.5 Å². The Morgan fingerprint density at radius 3 is 2.52 bits per heavy atom. The number of methoxy groups -OCH3 is 1. The summed E-state index contributed by atoms with van der Waals surface area (Å²) in [4.78, 5) is 40.2. The number of nitrogens with zero attached hydrogens (tertiary/aromatic N) is 3. The highest BCUT2D eigenvalue weighted by molar-refractivity contribution is 7.90. The van der Waals surface area contributed by atoms with Gasteiger partial charge in [-0.1, -0.05) is 6.92 Å². The molecule has 0 saturated carbocycles. The monoisotopic (exact) mass is 721 g/mol. The first-order valence-electron chi connectivity index (χ1n) is 13.7. The van der Waals surface area contributed by atoms with Gasteiger partial charge < -0.3 is 33.0 Å². The predicted octanol–water partition coefficient (Wildman–Crippen LogP) is 3.88. The molecule has 3 heterocycles. The van der Waals surface area contributed by atoms with E-state index < -0.39 is 37.9 Å². The first kappa shape index (κ1) is 36.1. The number of phosphoric acid groups is 1. The zero-order valence-corrected chi connectivity index (χ0v) is 28.4. The van der Waals surface area contributed by atoms with Gasteiger partial charge in [-0.25, -0.2) is 18.0 Å². The van der Waals surface area contributed by atoms with Crippen LogP contribution >= 0.6 is 26.8 Å². The molecule has 0 radical (unpaired) electrons. The molecule has 0 unspecified atom stereocenters. The number of hydrogen-bond donors (Lipinski definition) is 2. The highest BCUT2D eigenvalue weighted by atomic mass is 32.2. The number of carbonyl (C=O) groups is 1. The van der Waals surface area contributed by atoms with Crippen molar-refractivity contribution in [3.8, 4) is 17.2 Å². The molecule has 2 aromatic heterocycles. The minimum absolute atomic E-state index is 0.0165. The van der Waals surface area contributed by atoms with Crippen molar-refractivity contribution in [1.29, 1.82) is 0 Å². The maximum atomic E-state index is 13.5. The zero-order valence-electron chi connectivity index (χ0n) is 25.0. The summed E-state index contributed by atoms with van der Waals surface area (Å²) in [6.07, 6.45) is 2.78. The van der Waals surface area contributed by atoms with Gasteiger partial charge in [0.25, 0.3) is 5.91 Å². The van der Waals surface area contributed by atoms with Gasteiger partial charge in [0, 0.05) is 36.1 Å². The number of hydrogen-bond acceptors (Lipinski definition) is 13. The van der Waals surface area contributed by atoms with Crippen molar-refractivity contribution in [3.05, 3.63) is 58.0 Å². The second-order valence-electron chi connectivity index (χ2n) is 9.90. The fraction of sp³-hybridized carbons (Fsp3) is 0.423. The summed E-state index contributed by atoms with van der Waals surface area (Å²) in [7, 11) is -10.5. The molecule has 3 aromatic rings. The van der Waals surface area contributed by atoms with E-state index in [-0.39, 0.29) is 70.4 Å². The number of carbonyl (C=O) groups excluding carboxylic acids is 1. The Morgan fingerprint density at radius 1 is 1.20 bits per heavy atom. The highest BCUT2D eigenvalue weighted by Crippen LogP contribution is 2.53. The molecule has 0 spiro atoms. The topological polar surface area (TPSA) is 211 Å². The number of ether oxygens (including phenoxy) is 3. The molecule has 1 aliphatic rings. The fourth-order valence-electron chi connectivity index (χ4n) is 4.01. The second-order valence-corrected chi connectivity index (χ2v) is 16.0. The lowest BCUT2D eigenvalue weighted by atomic mass is 10.2. The Balaban J connectivity index is 1.71. The molecule has 1 amide bonds. The van der Waals surface area contributed by atoms with Gasteiger partial charge in [-0.05, 0) is 37.1 Å². The van der Waals surface area contributed by atoms with Crippen LogP contribution in [0.25, 0.3) is 0 Å². The molecule has 46 heavy (non-hydrogen) atoms. The van der Waals surface area contributed by atoms with E-state index in [9.17, 15) is 32.1 Å².